The molecule has 1 saturated heterocycles. The SMILES string of the molecule is O=C(O)c1cc([N+](=O)[O-])ccc1N1CCCC2CCCC21. The number of non-ortho nitro benzene ring substituents is 1. The van der Waals surface area contributed by atoms with Gasteiger partial charge in [-0.1, -0.05) is 6.42 Å². The van der Waals surface area contributed by atoms with Crippen molar-refractivity contribution in [2.75, 3.05) is 11.4 Å². The molecule has 2 aliphatic rings. The summed E-state index contributed by atoms with van der Waals surface area (Å²) < 4.78 is 0. The van der Waals surface area contributed by atoms with Crippen molar-refractivity contribution in [3.8, 4) is 0 Å². The lowest BCUT2D eigenvalue weighted by Gasteiger charge is -2.40. The molecule has 1 aromatic carbocycles. The van der Waals surface area contributed by atoms with Crippen LogP contribution in [0.4, 0.5) is 11.4 Å². The zero-order valence-electron chi connectivity index (χ0n) is 11.7. The Bertz CT molecular complexity index is 587. The van der Waals surface area contributed by atoms with Gasteiger partial charge in [0.2, 0.25) is 0 Å². The first kappa shape index (κ1) is 13.9. The highest BCUT2D eigenvalue weighted by Gasteiger charge is 2.36. The maximum absolute atomic E-state index is 11.5. The molecule has 1 saturated carbocycles. The number of aromatic carboxylic acids is 1. The van der Waals surface area contributed by atoms with Gasteiger partial charge in [0.05, 0.1) is 16.2 Å². The van der Waals surface area contributed by atoms with Gasteiger partial charge in [-0.3, -0.25) is 10.1 Å². The fourth-order valence-corrected chi connectivity index (χ4v) is 3.81. The van der Waals surface area contributed by atoms with Crippen LogP contribution in [0.15, 0.2) is 18.2 Å². The van der Waals surface area contributed by atoms with E-state index in [0.29, 0.717) is 17.6 Å². The van der Waals surface area contributed by atoms with Crippen LogP contribution in [0.2, 0.25) is 0 Å². The third-order valence-corrected chi connectivity index (χ3v) is 4.72. The van der Waals surface area contributed by atoms with Crippen molar-refractivity contribution < 1.29 is 14.8 Å². The van der Waals surface area contributed by atoms with Crippen LogP contribution in [0, 0.1) is 16.0 Å². The van der Waals surface area contributed by atoms with E-state index in [-0.39, 0.29) is 11.3 Å². The number of nitro groups is 1. The molecule has 21 heavy (non-hydrogen) atoms. The number of fused-ring (bicyclic) bond motifs is 1. The highest BCUT2D eigenvalue weighted by Crippen LogP contribution is 2.40. The maximum Gasteiger partial charge on any atom is 0.338 e. The van der Waals surface area contributed by atoms with E-state index in [1.807, 2.05) is 0 Å². The smallest absolute Gasteiger partial charge is 0.338 e. The average molecular weight is 290 g/mol. The Kier molecular flexibility index (Phi) is 3.53. The van der Waals surface area contributed by atoms with E-state index < -0.39 is 10.9 Å². The number of hydrogen-bond acceptors (Lipinski definition) is 4. The Morgan fingerprint density at radius 1 is 1.29 bits per heavy atom. The molecule has 6 heteroatoms. The Morgan fingerprint density at radius 2 is 2.05 bits per heavy atom. The number of anilines is 1. The lowest BCUT2D eigenvalue weighted by Crippen LogP contribution is -2.43. The Morgan fingerprint density at radius 3 is 2.76 bits per heavy atom. The monoisotopic (exact) mass is 290 g/mol. The lowest BCUT2D eigenvalue weighted by atomic mass is 9.91. The molecule has 0 aromatic heterocycles. The molecule has 1 heterocycles. The van der Waals surface area contributed by atoms with E-state index >= 15 is 0 Å². The van der Waals surface area contributed by atoms with Gasteiger partial charge in [-0.05, 0) is 37.7 Å². The number of nitro benzene ring substituents is 1. The van der Waals surface area contributed by atoms with Crippen molar-refractivity contribution in [1.29, 1.82) is 0 Å². The molecule has 1 aliphatic carbocycles. The summed E-state index contributed by atoms with van der Waals surface area (Å²) in [6.07, 6.45) is 5.73. The number of hydrogen-bond donors (Lipinski definition) is 1. The van der Waals surface area contributed by atoms with Gasteiger partial charge in [0, 0.05) is 24.7 Å². The minimum Gasteiger partial charge on any atom is -0.478 e. The number of carboxylic acid groups (broad SMARTS) is 1. The van der Waals surface area contributed by atoms with Gasteiger partial charge in [0.25, 0.3) is 5.69 Å². The molecule has 112 valence electrons. The van der Waals surface area contributed by atoms with Crippen molar-refractivity contribution in [2.24, 2.45) is 5.92 Å². The second-order valence-electron chi connectivity index (χ2n) is 5.86. The van der Waals surface area contributed by atoms with Crippen LogP contribution in [0.3, 0.4) is 0 Å². The van der Waals surface area contributed by atoms with E-state index in [1.165, 1.54) is 31.4 Å². The average Bonchev–Trinajstić information content (AvgIpc) is 2.94. The molecule has 1 aliphatic heterocycles. The molecular formula is C15H18N2O4. The van der Waals surface area contributed by atoms with Crippen LogP contribution in [0.1, 0.15) is 42.5 Å². The number of benzene rings is 1. The zero-order chi connectivity index (χ0) is 15.0. The van der Waals surface area contributed by atoms with Crippen LogP contribution in [0.5, 0.6) is 0 Å². The molecule has 0 radical (unpaired) electrons. The first-order valence-electron chi connectivity index (χ1n) is 7.36. The fraction of sp³-hybridized carbons (Fsp3) is 0.533. The number of carbonyl (C=O) groups is 1. The number of nitrogens with zero attached hydrogens (tertiary/aromatic N) is 2. The molecule has 1 N–H and O–H groups in total. The number of piperidine rings is 1. The van der Waals surface area contributed by atoms with Gasteiger partial charge < -0.3 is 10.0 Å². The van der Waals surface area contributed by atoms with E-state index in [4.69, 9.17) is 0 Å². The summed E-state index contributed by atoms with van der Waals surface area (Å²) >= 11 is 0. The van der Waals surface area contributed by atoms with Crippen molar-refractivity contribution in [3.63, 3.8) is 0 Å². The van der Waals surface area contributed by atoms with Crippen LogP contribution in [0.25, 0.3) is 0 Å². The Labute approximate surface area is 122 Å². The third kappa shape index (κ3) is 2.46. The summed E-state index contributed by atoms with van der Waals surface area (Å²) in [5.74, 6) is -0.468. The summed E-state index contributed by atoms with van der Waals surface area (Å²) in [4.78, 5) is 23.9. The molecule has 0 amide bonds. The minimum atomic E-state index is -1.10. The van der Waals surface area contributed by atoms with Crippen LogP contribution in [-0.4, -0.2) is 28.6 Å². The minimum absolute atomic E-state index is 0.0387. The predicted octanol–water partition coefficient (Wildman–Crippen LogP) is 3.06. The van der Waals surface area contributed by atoms with Gasteiger partial charge >= 0.3 is 5.97 Å². The first-order chi connectivity index (χ1) is 10.1. The van der Waals surface area contributed by atoms with Crippen LogP contribution < -0.4 is 4.90 Å². The zero-order valence-corrected chi connectivity index (χ0v) is 11.7. The van der Waals surface area contributed by atoms with Crippen LogP contribution in [-0.2, 0) is 0 Å². The van der Waals surface area contributed by atoms with Gasteiger partial charge in [-0.25, -0.2) is 4.79 Å². The first-order valence-corrected chi connectivity index (χ1v) is 7.36. The fourth-order valence-electron chi connectivity index (χ4n) is 3.81. The molecule has 2 unspecified atom stereocenters. The predicted molar refractivity (Wildman–Crippen MR) is 77.8 cm³/mol. The maximum atomic E-state index is 11.5. The normalized spacial score (nSPS) is 24.7. The largest absolute Gasteiger partial charge is 0.478 e. The number of carboxylic acids is 1. The van der Waals surface area contributed by atoms with E-state index in [0.717, 1.165) is 19.4 Å². The van der Waals surface area contributed by atoms with Gasteiger partial charge in [0.15, 0.2) is 0 Å². The van der Waals surface area contributed by atoms with E-state index in [2.05, 4.69) is 4.90 Å². The van der Waals surface area contributed by atoms with E-state index in [1.54, 1.807) is 6.07 Å². The third-order valence-electron chi connectivity index (χ3n) is 4.72. The summed E-state index contributed by atoms with van der Waals surface area (Å²) in [6.45, 7) is 0.833. The Hall–Kier alpha value is -2.11. The van der Waals surface area contributed by atoms with Crippen molar-refractivity contribution in [2.45, 2.75) is 38.1 Å². The number of rotatable bonds is 3. The lowest BCUT2D eigenvalue weighted by molar-refractivity contribution is -0.384. The van der Waals surface area contributed by atoms with E-state index in [9.17, 15) is 20.0 Å². The summed E-state index contributed by atoms with van der Waals surface area (Å²) in [7, 11) is 0. The van der Waals surface area contributed by atoms with Gasteiger partial charge in [-0.2, -0.15) is 0 Å². The van der Waals surface area contributed by atoms with Crippen molar-refractivity contribution >= 4 is 17.3 Å². The molecule has 2 atom stereocenters. The molecule has 0 spiro atoms. The molecular weight excluding hydrogens is 272 g/mol. The van der Waals surface area contributed by atoms with Gasteiger partial charge in [0.1, 0.15) is 0 Å². The Balaban J connectivity index is 2.00. The summed E-state index contributed by atoms with van der Waals surface area (Å²) in [6, 6.07) is 4.57. The quantitative estimate of drug-likeness (QED) is 0.683. The highest BCUT2D eigenvalue weighted by molar-refractivity contribution is 5.95. The molecule has 2 fully saturated rings. The summed E-state index contributed by atoms with van der Waals surface area (Å²) in [5, 5.41) is 20.2. The molecule has 6 nitrogen and oxygen atoms in total. The second-order valence-corrected chi connectivity index (χ2v) is 5.86. The topological polar surface area (TPSA) is 83.7 Å². The van der Waals surface area contributed by atoms with Crippen molar-refractivity contribution in [3.05, 3.63) is 33.9 Å². The van der Waals surface area contributed by atoms with Crippen LogP contribution >= 0.6 is 0 Å². The summed E-state index contributed by atoms with van der Waals surface area (Å²) in [5.41, 5.74) is 0.498. The second kappa shape index (κ2) is 5.35. The van der Waals surface area contributed by atoms with Crippen molar-refractivity contribution in [1.82, 2.24) is 0 Å². The molecule has 1 aromatic rings. The highest BCUT2D eigenvalue weighted by atomic mass is 16.6. The standard InChI is InChI=1S/C15H18N2O4/c18-15(19)12-9-11(17(20)21)6-7-14(12)16-8-2-4-10-3-1-5-13(10)16/h6-7,9-10,13H,1-5,8H2,(H,18,19). The van der Waals surface area contributed by atoms with Gasteiger partial charge in [-0.15, -0.1) is 0 Å². The molecule has 3 rings (SSSR count). The molecule has 0 bridgehead atoms.